The first kappa shape index (κ1) is 15.7. The number of sulfonamides is 1. The number of rotatable bonds is 7. The maximum atomic E-state index is 12.2. The molecular weight excluding hydrogens is 288 g/mol. The molecule has 114 valence electrons. The van der Waals surface area contributed by atoms with Crippen LogP contribution in [0.25, 0.3) is 0 Å². The number of nitrogens with one attached hydrogen (secondary N) is 3. The second kappa shape index (κ2) is 6.84. The summed E-state index contributed by atoms with van der Waals surface area (Å²) in [5.74, 6) is 0. The van der Waals surface area contributed by atoms with Gasteiger partial charge in [-0.3, -0.25) is 4.98 Å². The molecule has 2 heterocycles. The van der Waals surface area contributed by atoms with Crippen molar-refractivity contribution in [2.45, 2.75) is 37.9 Å². The van der Waals surface area contributed by atoms with Gasteiger partial charge in [-0.05, 0) is 17.7 Å². The number of hydrogen-bond acceptors (Lipinski definition) is 4. The Labute approximate surface area is 125 Å². The lowest BCUT2D eigenvalue weighted by molar-refractivity contribution is 0.580. The fraction of sp³-hybridized carbons (Fsp3) is 0.357. The monoisotopic (exact) mass is 308 g/mol. The lowest BCUT2D eigenvalue weighted by Gasteiger charge is -2.06. The van der Waals surface area contributed by atoms with Gasteiger partial charge in [-0.25, -0.2) is 13.1 Å². The molecule has 0 aliphatic carbocycles. The Balaban J connectivity index is 1.99. The summed E-state index contributed by atoms with van der Waals surface area (Å²) in [5, 5.41) is 3.23. The summed E-state index contributed by atoms with van der Waals surface area (Å²) >= 11 is 0. The molecule has 2 rings (SSSR count). The highest BCUT2D eigenvalue weighted by Gasteiger charge is 2.15. The predicted molar refractivity (Wildman–Crippen MR) is 81.0 cm³/mol. The summed E-state index contributed by atoms with van der Waals surface area (Å²) in [4.78, 5) is 7.17. The van der Waals surface area contributed by atoms with Crippen molar-refractivity contribution < 1.29 is 8.42 Å². The van der Waals surface area contributed by atoms with Crippen LogP contribution in [0.4, 0.5) is 0 Å². The number of H-pyrrole nitrogens is 1. The SMILES string of the molecule is CC(C)NCc1cc(S(=O)(=O)NCc2cccnc2)c[nH]1. The third kappa shape index (κ3) is 4.66. The molecule has 0 spiro atoms. The van der Waals surface area contributed by atoms with Crippen molar-refractivity contribution in [3.05, 3.63) is 48.0 Å². The molecule has 3 N–H and O–H groups in total. The topological polar surface area (TPSA) is 86.9 Å². The first-order chi connectivity index (χ1) is 9.97. The van der Waals surface area contributed by atoms with Gasteiger partial charge in [0.05, 0.1) is 4.90 Å². The number of aromatic nitrogens is 2. The summed E-state index contributed by atoms with van der Waals surface area (Å²) in [6.07, 6.45) is 4.79. The molecule has 0 aliphatic heterocycles. The minimum Gasteiger partial charge on any atom is -0.363 e. The maximum absolute atomic E-state index is 12.2. The first-order valence-electron chi connectivity index (χ1n) is 6.76. The zero-order valence-electron chi connectivity index (χ0n) is 12.1. The molecule has 2 aromatic rings. The number of hydrogen-bond donors (Lipinski definition) is 3. The minimum absolute atomic E-state index is 0.223. The van der Waals surface area contributed by atoms with E-state index in [1.807, 2.05) is 19.9 Å². The Kier molecular flexibility index (Phi) is 5.11. The molecule has 0 radical (unpaired) electrons. The quantitative estimate of drug-likeness (QED) is 0.721. The molecule has 6 nitrogen and oxygen atoms in total. The predicted octanol–water partition coefficient (Wildman–Crippen LogP) is 1.39. The number of pyridine rings is 1. The van der Waals surface area contributed by atoms with E-state index < -0.39 is 10.0 Å². The van der Waals surface area contributed by atoms with E-state index in [9.17, 15) is 8.42 Å². The van der Waals surface area contributed by atoms with Crippen LogP contribution < -0.4 is 10.0 Å². The second-order valence-corrected chi connectivity index (χ2v) is 6.85. The van der Waals surface area contributed by atoms with Crippen LogP contribution in [0.2, 0.25) is 0 Å². The van der Waals surface area contributed by atoms with Crippen molar-refractivity contribution >= 4 is 10.0 Å². The molecular formula is C14H20N4O2S. The standard InChI is InChI=1S/C14H20N4O2S/c1-11(2)16-9-13-6-14(10-17-13)21(19,20)18-8-12-4-3-5-15-7-12/h3-7,10-11,16-18H,8-9H2,1-2H3. The van der Waals surface area contributed by atoms with E-state index in [1.54, 1.807) is 24.5 Å². The van der Waals surface area contributed by atoms with E-state index in [4.69, 9.17) is 0 Å². The maximum Gasteiger partial charge on any atom is 0.242 e. The van der Waals surface area contributed by atoms with Crippen LogP contribution >= 0.6 is 0 Å². The van der Waals surface area contributed by atoms with E-state index in [2.05, 4.69) is 20.0 Å². The van der Waals surface area contributed by atoms with Crippen LogP contribution in [0.1, 0.15) is 25.1 Å². The summed E-state index contributed by atoms with van der Waals surface area (Å²) in [7, 11) is -3.51. The van der Waals surface area contributed by atoms with Gasteiger partial charge in [-0.1, -0.05) is 19.9 Å². The average Bonchev–Trinajstić information content (AvgIpc) is 2.94. The Morgan fingerprint density at radius 3 is 2.81 bits per heavy atom. The van der Waals surface area contributed by atoms with Gasteiger partial charge < -0.3 is 10.3 Å². The Morgan fingerprint density at radius 2 is 2.14 bits per heavy atom. The molecule has 0 amide bonds. The van der Waals surface area contributed by atoms with E-state index in [-0.39, 0.29) is 11.4 Å². The lowest BCUT2D eigenvalue weighted by atomic mass is 10.3. The van der Waals surface area contributed by atoms with Gasteiger partial charge in [0.1, 0.15) is 0 Å². The molecule has 7 heteroatoms. The second-order valence-electron chi connectivity index (χ2n) is 5.08. The molecule has 0 fully saturated rings. The van der Waals surface area contributed by atoms with Crippen LogP contribution in [0.3, 0.4) is 0 Å². The summed E-state index contributed by atoms with van der Waals surface area (Å²) in [6, 6.07) is 5.58. The van der Waals surface area contributed by atoms with Crippen LogP contribution in [0.5, 0.6) is 0 Å². The molecule has 0 unspecified atom stereocenters. The van der Waals surface area contributed by atoms with Crippen molar-refractivity contribution in [2.24, 2.45) is 0 Å². The Morgan fingerprint density at radius 1 is 1.33 bits per heavy atom. The van der Waals surface area contributed by atoms with Crippen LogP contribution in [0.15, 0.2) is 41.7 Å². The van der Waals surface area contributed by atoms with Gasteiger partial charge in [0.2, 0.25) is 10.0 Å². The van der Waals surface area contributed by atoms with E-state index in [0.29, 0.717) is 12.6 Å². The molecule has 0 saturated carbocycles. The number of nitrogens with zero attached hydrogens (tertiary/aromatic N) is 1. The lowest BCUT2D eigenvalue weighted by Crippen LogP contribution is -2.23. The summed E-state index contributed by atoms with van der Waals surface area (Å²) < 4.78 is 26.9. The van der Waals surface area contributed by atoms with E-state index in [0.717, 1.165) is 11.3 Å². The molecule has 0 atom stereocenters. The van der Waals surface area contributed by atoms with Crippen molar-refractivity contribution in [3.8, 4) is 0 Å². The van der Waals surface area contributed by atoms with Crippen molar-refractivity contribution in [3.63, 3.8) is 0 Å². The van der Waals surface area contributed by atoms with Gasteiger partial charge in [-0.2, -0.15) is 0 Å². The third-order valence-electron chi connectivity index (χ3n) is 2.92. The zero-order valence-corrected chi connectivity index (χ0v) is 12.9. The summed E-state index contributed by atoms with van der Waals surface area (Å²) in [6.45, 7) is 4.91. The molecule has 0 bridgehead atoms. The van der Waals surface area contributed by atoms with Crippen molar-refractivity contribution in [1.29, 1.82) is 0 Å². The third-order valence-corrected chi connectivity index (χ3v) is 4.30. The smallest absolute Gasteiger partial charge is 0.242 e. The Hall–Kier alpha value is -1.70. The Bertz CT molecular complexity index is 665. The molecule has 21 heavy (non-hydrogen) atoms. The van der Waals surface area contributed by atoms with Gasteiger partial charge in [0, 0.05) is 43.4 Å². The summed E-state index contributed by atoms with van der Waals surface area (Å²) in [5.41, 5.74) is 1.66. The molecule has 0 aliphatic rings. The highest BCUT2D eigenvalue weighted by Crippen LogP contribution is 2.11. The average molecular weight is 308 g/mol. The van der Waals surface area contributed by atoms with E-state index in [1.165, 1.54) is 6.20 Å². The first-order valence-corrected chi connectivity index (χ1v) is 8.25. The molecule has 0 saturated heterocycles. The fourth-order valence-electron chi connectivity index (χ4n) is 1.75. The van der Waals surface area contributed by atoms with Crippen molar-refractivity contribution in [2.75, 3.05) is 0 Å². The fourth-order valence-corrected chi connectivity index (χ4v) is 2.79. The highest BCUT2D eigenvalue weighted by atomic mass is 32.2. The molecule has 0 aromatic carbocycles. The zero-order chi connectivity index (χ0) is 15.3. The largest absolute Gasteiger partial charge is 0.363 e. The number of aromatic amines is 1. The highest BCUT2D eigenvalue weighted by molar-refractivity contribution is 7.89. The van der Waals surface area contributed by atoms with Crippen LogP contribution in [-0.2, 0) is 23.1 Å². The van der Waals surface area contributed by atoms with Crippen molar-refractivity contribution in [1.82, 2.24) is 20.0 Å². The van der Waals surface area contributed by atoms with Gasteiger partial charge in [-0.15, -0.1) is 0 Å². The van der Waals surface area contributed by atoms with E-state index >= 15 is 0 Å². The minimum atomic E-state index is -3.51. The molecule has 2 aromatic heterocycles. The van der Waals surface area contributed by atoms with Gasteiger partial charge in [0.15, 0.2) is 0 Å². The van der Waals surface area contributed by atoms with Gasteiger partial charge in [0.25, 0.3) is 0 Å². The van der Waals surface area contributed by atoms with Crippen LogP contribution in [-0.4, -0.2) is 24.4 Å². The van der Waals surface area contributed by atoms with Gasteiger partial charge >= 0.3 is 0 Å². The van der Waals surface area contributed by atoms with Crippen LogP contribution in [0, 0.1) is 0 Å². The normalized spacial score (nSPS) is 12.0.